The molecule has 0 amide bonds. The molecule has 3 atom stereocenters. The van der Waals surface area contributed by atoms with Crippen LogP contribution in [-0.4, -0.2) is 42.6 Å². The number of aliphatic imine (C=N–C) groups is 1. The molecule has 2 rings (SSSR count). The maximum Gasteiger partial charge on any atom is 1.00 e. The van der Waals surface area contributed by atoms with E-state index in [4.69, 9.17) is 20.9 Å². The Morgan fingerprint density at radius 1 is 1.08 bits per heavy atom. The van der Waals surface area contributed by atoms with E-state index in [1.54, 1.807) is 48.6 Å². The van der Waals surface area contributed by atoms with E-state index in [-0.39, 0.29) is 66.8 Å². The normalized spacial score (nSPS) is 14.0. The molecule has 5 N–H and O–H groups in total. The van der Waals surface area contributed by atoms with E-state index < -0.39 is 21.5 Å². The number of allylic oxidation sites excluding steroid dienone is 1. The van der Waals surface area contributed by atoms with Crippen LogP contribution in [0.3, 0.4) is 0 Å². The molecule has 0 heterocycles. The number of phenolic OH excluding ortho intramolecular Hbond substituents is 1. The second-order valence-electron chi connectivity index (χ2n) is 8.01. The van der Waals surface area contributed by atoms with E-state index in [0.717, 1.165) is 11.1 Å². The Kier molecular flexibility index (Phi) is 14.1. The van der Waals surface area contributed by atoms with Crippen LogP contribution in [0.15, 0.2) is 65.7 Å². The van der Waals surface area contributed by atoms with Crippen molar-refractivity contribution < 1.29 is 57.1 Å². The van der Waals surface area contributed by atoms with Gasteiger partial charge in [0.1, 0.15) is 17.6 Å². The van der Waals surface area contributed by atoms with Crippen LogP contribution in [0.25, 0.3) is 0 Å². The Bertz CT molecular complexity index is 1070. The predicted octanol–water partition coefficient (Wildman–Crippen LogP) is 0.528. The van der Waals surface area contributed by atoms with Crippen LogP contribution in [0.5, 0.6) is 11.5 Å². The number of rotatable bonds is 14. The molecule has 0 aliphatic rings. The summed E-state index contributed by atoms with van der Waals surface area (Å²) >= 11 is 0. The van der Waals surface area contributed by atoms with Crippen LogP contribution in [-0.2, 0) is 14.9 Å². The molecule has 0 aliphatic carbocycles. The van der Waals surface area contributed by atoms with Crippen LogP contribution in [0.1, 0.15) is 56.3 Å². The summed E-state index contributed by atoms with van der Waals surface area (Å²) in [5.74, 6) is 0.524. The molecule has 9 nitrogen and oxygen atoms in total. The van der Waals surface area contributed by atoms with Crippen molar-refractivity contribution in [2.75, 3.05) is 13.3 Å². The van der Waals surface area contributed by atoms with Gasteiger partial charge in [-0.05, 0) is 67.5 Å². The summed E-state index contributed by atoms with van der Waals surface area (Å²) in [6.45, 7) is 4.25. The third-order valence-electron chi connectivity index (χ3n) is 5.56. The van der Waals surface area contributed by atoms with E-state index in [2.05, 4.69) is 4.99 Å². The average molecular weight is 528 g/mol. The topological polar surface area (TPSA) is 160 Å². The van der Waals surface area contributed by atoms with Crippen LogP contribution >= 0.6 is 0 Å². The number of hydrogen-bond acceptors (Lipinski definition) is 7. The van der Waals surface area contributed by atoms with E-state index in [0.29, 0.717) is 18.8 Å². The van der Waals surface area contributed by atoms with Crippen molar-refractivity contribution in [2.45, 2.75) is 50.4 Å². The molecule has 0 saturated heterocycles. The molecule has 0 aromatic heterocycles. The Morgan fingerprint density at radius 2 is 1.69 bits per heavy atom. The van der Waals surface area contributed by atoms with E-state index in [1.165, 1.54) is 0 Å². The fourth-order valence-electron chi connectivity index (χ4n) is 3.67. The first-order valence-corrected chi connectivity index (χ1v) is 12.9. The smallest absolute Gasteiger partial charge is 0.748 e. The van der Waals surface area contributed by atoms with Crippen molar-refractivity contribution in [1.29, 1.82) is 0 Å². The number of hydrogen-bond donors (Lipinski definition) is 3. The SMILES string of the molecule is CCO[C@H](/C=C/C[C@@H](C[C@H](CC)c1ccc(OCN=C(N)N)cc1)S(=O)(=O)[O-])c1ccc(O)cc1.[Na+]. The van der Waals surface area contributed by atoms with Crippen molar-refractivity contribution in [3.05, 3.63) is 71.8 Å². The molecule has 2 aromatic carbocycles. The first-order chi connectivity index (χ1) is 16.6. The number of nitrogens with zero attached hydrogens (tertiary/aromatic N) is 1. The molecule has 192 valence electrons. The van der Waals surface area contributed by atoms with Gasteiger partial charge in [0.05, 0.1) is 15.4 Å². The Morgan fingerprint density at radius 3 is 2.22 bits per heavy atom. The quantitative estimate of drug-likeness (QED) is 0.105. The van der Waals surface area contributed by atoms with Gasteiger partial charge < -0.3 is 30.6 Å². The Labute approximate surface area is 235 Å². The number of ether oxygens (including phenoxy) is 2. The third kappa shape index (κ3) is 10.9. The van der Waals surface area contributed by atoms with Crippen LogP contribution in [0.2, 0.25) is 0 Å². The molecule has 0 aliphatic heterocycles. The first kappa shape index (κ1) is 31.9. The molecular weight excluding hydrogens is 493 g/mol. The Hall–Kier alpha value is -2.08. The van der Waals surface area contributed by atoms with Crippen LogP contribution < -0.4 is 45.8 Å². The van der Waals surface area contributed by atoms with Gasteiger partial charge in [-0.25, -0.2) is 13.4 Å². The fourth-order valence-corrected chi connectivity index (χ4v) is 4.48. The summed E-state index contributed by atoms with van der Waals surface area (Å²) in [7, 11) is -4.53. The zero-order valence-electron chi connectivity index (χ0n) is 21.0. The number of phenols is 1. The monoisotopic (exact) mass is 527 g/mol. The molecule has 36 heavy (non-hydrogen) atoms. The number of aromatic hydroxyl groups is 1. The zero-order valence-corrected chi connectivity index (χ0v) is 23.9. The van der Waals surface area contributed by atoms with Crippen molar-refractivity contribution in [2.24, 2.45) is 16.5 Å². The van der Waals surface area contributed by atoms with Gasteiger partial charge in [-0.3, -0.25) is 0 Å². The fraction of sp³-hybridized carbons (Fsp3) is 0.400. The van der Waals surface area contributed by atoms with Gasteiger partial charge in [0.25, 0.3) is 0 Å². The molecule has 0 unspecified atom stereocenters. The number of guanidine groups is 1. The van der Waals surface area contributed by atoms with Crippen molar-refractivity contribution in [3.63, 3.8) is 0 Å². The van der Waals surface area contributed by atoms with Crippen molar-refractivity contribution in [1.82, 2.24) is 0 Å². The maximum absolute atomic E-state index is 12.0. The summed E-state index contributed by atoms with van der Waals surface area (Å²) in [4.78, 5) is 3.76. The second kappa shape index (κ2) is 15.9. The third-order valence-corrected chi connectivity index (χ3v) is 6.76. The minimum Gasteiger partial charge on any atom is -0.748 e. The largest absolute Gasteiger partial charge is 1.00 e. The molecule has 0 fully saturated rings. The average Bonchev–Trinajstić information content (AvgIpc) is 2.81. The number of nitrogens with two attached hydrogens (primary N) is 2. The summed E-state index contributed by atoms with van der Waals surface area (Å²) in [6.07, 6.45) is 3.95. The van der Waals surface area contributed by atoms with Gasteiger partial charge in [-0.2, -0.15) is 0 Å². The molecule has 2 aromatic rings. The van der Waals surface area contributed by atoms with E-state index >= 15 is 0 Å². The standard InChI is InChI=1S/C25H35N3O6S.Na/c1-3-18(19-10-14-22(15-11-19)34-17-28-25(26)27)16-23(35(30,31)32)6-5-7-24(33-4-2)20-8-12-21(29)13-9-20;/h5,7-15,18,23-24,29H,3-4,6,16-17H2,1-2H3,(H4,26,27,28)(H,30,31,32);/q;+1/p-1/b7-5+;/t18-,23-,24+;/m0./s1. The molecule has 0 spiro atoms. The van der Waals surface area contributed by atoms with Gasteiger partial charge in [-0.1, -0.05) is 43.3 Å². The van der Waals surface area contributed by atoms with Crippen molar-refractivity contribution in [3.8, 4) is 11.5 Å². The van der Waals surface area contributed by atoms with Gasteiger partial charge >= 0.3 is 29.6 Å². The molecule has 0 radical (unpaired) electrons. The summed E-state index contributed by atoms with van der Waals surface area (Å²) in [6, 6.07) is 13.8. The van der Waals surface area contributed by atoms with Gasteiger partial charge in [0, 0.05) is 6.61 Å². The summed E-state index contributed by atoms with van der Waals surface area (Å²) in [5, 5.41) is 8.42. The predicted molar refractivity (Wildman–Crippen MR) is 135 cm³/mol. The second-order valence-corrected chi connectivity index (χ2v) is 9.66. The van der Waals surface area contributed by atoms with Gasteiger partial charge in [0.2, 0.25) is 0 Å². The van der Waals surface area contributed by atoms with Crippen LogP contribution in [0, 0.1) is 0 Å². The number of benzene rings is 2. The molecule has 11 heteroatoms. The van der Waals surface area contributed by atoms with Crippen molar-refractivity contribution >= 4 is 16.1 Å². The minimum atomic E-state index is -4.53. The molecule has 0 saturated carbocycles. The van der Waals surface area contributed by atoms with Gasteiger partial charge in [-0.15, -0.1) is 0 Å². The maximum atomic E-state index is 12.0. The van der Waals surface area contributed by atoms with Gasteiger partial charge in [0.15, 0.2) is 12.7 Å². The first-order valence-electron chi connectivity index (χ1n) is 11.4. The minimum absolute atomic E-state index is 0. The van der Waals surface area contributed by atoms with Crippen LogP contribution in [0.4, 0.5) is 0 Å². The molecular formula is C25H34N3NaO6S. The Balaban J connectivity index is 0.00000648. The summed E-state index contributed by atoms with van der Waals surface area (Å²) in [5.41, 5.74) is 12.3. The summed E-state index contributed by atoms with van der Waals surface area (Å²) < 4.78 is 47.3. The zero-order chi connectivity index (χ0) is 25.8. The van der Waals surface area contributed by atoms with E-state index in [1.807, 2.05) is 26.0 Å². The van der Waals surface area contributed by atoms with E-state index in [9.17, 15) is 18.1 Å². The molecule has 0 bridgehead atoms.